The molecule has 0 radical (unpaired) electrons. The molecule has 2 rings (SSSR count). The molecule has 0 aromatic heterocycles. The van der Waals surface area contributed by atoms with Crippen LogP contribution in [-0.2, 0) is 4.74 Å². The van der Waals surface area contributed by atoms with E-state index in [4.69, 9.17) is 38.4 Å². The second kappa shape index (κ2) is 9.18. The lowest BCUT2D eigenvalue weighted by molar-refractivity contribution is 0.0174. The largest absolute Gasteiger partial charge is 0.489 e. The first kappa shape index (κ1) is 21.9. The molecule has 1 aliphatic heterocycles. The van der Waals surface area contributed by atoms with Gasteiger partial charge in [-0.2, -0.15) is 0 Å². The predicted octanol–water partition coefficient (Wildman–Crippen LogP) is 5.21. The lowest BCUT2D eigenvalue weighted by Gasteiger charge is -2.36. The van der Waals surface area contributed by atoms with Gasteiger partial charge in [-0.25, -0.2) is 4.79 Å². The van der Waals surface area contributed by atoms with Crippen molar-refractivity contribution in [1.82, 2.24) is 4.90 Å². The molecule has 1 aliphatic rings. The molecule has 1 amide bonds. The molecule has 1 fully saturated rings. The Morgan fingerprint density at radius 3 is 2.48 bits per heavy atom. The zero-order chi connectivity index (χ0) is 20.2. The van der Waals surface area contributed by atoms with Crippen molar-refractivity contribution in [3.8, 4) is 5.75 Å². The summed E-state index contributed by atoms with van der Waals surface area (Å²) in [5.41, 5.74) is 6.87. The highest BCUT2D eigenvalue weighted by Gasteiger charge is 2.31. The molecule has 1 heterocycles. The van der Waals surface area contributed by atoms with Crippen LogP contribution in [0.3, 0.4) is 0 Å². The van der Waals surface area contributed by atoms with Gasteiger partial charge in [0.1, 0.15) is 18.0 Å². The lowest BCUT2D eigenvalue weighted by atomic mass is 9.85. The second-order valence-electron chi connectivity index (χ2n) is 7.73. The van der Waals surface area contributed by atoms with Gasteiger partial charge in [-0.15, -0.1) is 0 Å². The van der Waals surface area contributed by atoms with Gasteiger partial charge in [0.05, 0.1) is 10.0 Å². The van der Waals surface area contributed by atoms with Crippen LogP contribution in [0.5, 0.6) is 5.75 Å². The smallest absolute Gasteiger partial charge is 0.410 e. The number of nitrogens with zero attached hydrogens (tertiary/aromatic N) is 1. The van der Waals surface area contributed by atoms with E-state index < -0.39 is 5.60 Å². The zero-order valence-electron chi connectivity index (χ0n) is 16.1. The summed E-state index contributed by atoms with van der Waals surface area (Å²) in [6, 6.07) is 3.20. The molecular formula is C20H28Cl2N2O3. The van der Waals surface area contributed by atoms with Gasteiger partial charge >= 0.3 is 6.09 Å². The maximum Gasteiger partial charge on any atom is 0.410 e. The number of carbonyl (C=O) groups excluding carboxylic acids is 1. The summed E-state index contributed by atoms with van der Waals surface area (Å²) >= 11 is 12.3. The average molecular weight is 415 g/mol. The van der Waals surface area contributed by atoms with E-state index in [9.17, 15) is 4.79 Å². The van der Waals surface area contributed by atoms with Crippen LogP contribution < -0.4 is 10.5 Å². The topological polar surface area (TPSA) is 64.8 Å². The van der Waals surface area contributed by atoms with E-state index in [0.29, 0.717) is 35.5 Å². The minimum absolute atomic E-state index is 0.201. The third kappa shape index (κ3) is 6.03. The maximum absolute atomic E-state index is 12.2. The third-order valence-corrected chi connectivity index (χ3v) is 5.19. The maximum atomic E-state index is 12.2. The van der Waals surface area contributed by atoms with Gasteiger partial charge in [-0.1, -0.05) is 35.9 Å². The number of piperidine rings is 1. The summed E-state index contributed by atoms with van der Waals surface area (Å²) in [7, 11) is 0. The molecule has 0 spiro atoms. The van der Waals surface area contributed by atoms with Crippen molar-refractivity contribution < 1.29 is 14.3 Å². The first-order valence-corrected chi connectivity index (χ1v) is 9.84. The van der Waals surface area contributed by atoms with Crippen LogP contribution >= 0.6 is 23.2 Å². The third-order valence-electron chi connectivity index (χ3n) is 4.47. The van der Waals surface area contributed by atoms with Gasteiger partial charge < -0.3 is 20.1 Å². The highest BCUT2D eigenvalue weighted by atomic mass is 35.5. The summed E-state index contributed by atoms with van der Waals surface area (Å²) in [5.74, 6) is 0.818. The highest BCUT2D eigenvalue weighted by molar-refractivity contribution is 6.42. The second-order valence-corrected chi connectivity index (χ2v) is 8.55. The number of hydrogen-bond acceptors (Lipinski definition) is 4. The molecule has 27 heavy (non-hydrogen) atoms. The summed E-state index contributed by atoms with van der Waals surface area (Å²) < 4.78 is 11.2. The number of hydrogen-bond donors (Lipinski definition) is 1. The summed E-state index contributed by atoms with van der Waals surface area (Å²) in [5, 5.41) is 0.866. The SMILES string of the molecule is C=CCOc1cc(Cl)c(Cl)cc1C(N)C1CCN(C(=O)OC(C)(C)C)CC1. The van der Waals surface area contributed by atoms with E-state index in [0.717, 1.165) is 18.4 Å². The molecule has 5 nitrogen and oxygen atoms in total. The molecule has 0 bridgehead atoms. The Hall–Kier alpha value is -1.43. The van der Waals surface area contributed by atoms with Crippen molar-refractivity contribution in [3.63, 3.8) is 0 Å². The Balaban J connectivity index is 2.07. The predicted molar refractivity (Wildman–Crippen MR) is 110 cm³/mol. The molecule has 1 atom stereocenters. The molecule has 0 saturated carbocycles. The van der Waals surface area contributed by atoms with Gasteiger partial charge in [0.25, 0.3) is 0 Å². The van der Waals surface area contributed by atoms with Crippen molar-refractivity contribution in [2.45, 2.75) is 45.3 Å². The zero-order valence-corrected chi connectivity index (χ0v) is 17.6. The standard InChI is InChI=1S/C20H28Cl2N2O3/c1-5-10-26-17-12-16(22)15(21)11-14(17)18(23)13-6-8-24(9-7-13)19(25)27-20(2,3)4/h5,11-13,18H,1,6-10,23H2,2-4H3. The number of halogens is 2. The first-order chi connectivity index (χ1) is 12.6. The van der Waals surface area contributed by atoms with Crippen LogP contribution in [0.2, 0.25) is 10.0 Å². The number of likely N-dealkylation sites (tertiary alicyclic amines) is 1. The van der Waals surface area contributed by atoms with Gasteiger partial charge in [0.2, 0.25) is 0 Å². The Bertz CT molecular complexity index is 681. The van der Waals surface area contributed by atoms with Crippen molar-refractivity contribution in [3.05, 3.63) is 40.4 Å². The minimum atomic E-state index is -0.498. The van der Waals surface area contributed by atoms with Crippen LogP contribution in [-0.4, -0.2) is 36.3 Å². The number of ether oxygens (including phenoxy) is 2. The number of benzene rings is 1. The highest BCUT2D eigenvalue weighted by Crippen LogP contribution is 2.38. The first-order valence-electron chi connectivity index (χ1n) is 9.08. The van der Waals surface area contributed by atoms with Crippen molar-refractivity contribution >= 4 is 29.3 Å². The van der Waals surface area contributed by atoms with Crippen molar-refractivity contribution in [2.75, 3.05) is 19.7 Å². The molecule has 1 aromatic carbocycles. The minimum Gasteiger partial charge on any atom is -0.489 e. The molecular weight excluding hydrogens is 387 g/mol. The van der Waals surface area contributed by atoms with E-state index in [-0.39, 0.29) is 18.1 Å². The van der Waals surface area contributed by atoms with Crippen molar-refractivity contribution in [2.24, 2.45) is 11.7 Å². The van der Waals surface area contributed by atoms with Crippen LogP contribution in [0.4, 0.5) is 4.79 Å². The normalized spacial score (nSPS) is 16.7. The van der Waals surface area contributed by atoms with E-state index in [1.54, 1.807) is 23.1 Å². The number of carbonyl (C=O) groups is 1. The van der Waals surface area contributed by atoms with Crippen molar-refractivity contribution in [1.29, 1.82) is 0 Å². The van der Waals surface area contributed by atoms with Gasteiger partial charge in [-0.3, -0.25) is 0 Å². The Morgan fingerprint density at radius 1 is 1.33 bits per heavy atom. The Kier molecular flexibility index (Phi) is 7.43. The van der Waals surface area contributed by atoms with Gasteiger partial charge in [0.15, 0.2) is 0 Å². The summed E-state index contributed by atoms with van der Waals surface area (Å²) in [6.07, 6.45) is 2.94. The van der Waals surface area contributed by atoms with E-state index in [1.165, 1.54) is 0 Å². The molecule has 1 saturated heterocycles. The fraction of sp³-hybridized carbons (Fsp3) is 0.550. The van der Waals surface area contributed by atoms with E-state index >= 15 is 0 Å². The van der Waals surface area contributed by atoms with Crippen LogP contribution in [0.15, 0.2) is 24.8 Å². The fourth-order valence-corrected chi connectivity index (χ4v) is 3.43. The number of nitrogens with two attached hydrogens (primary N) is 1. The molecule has 1 aromatic rings. The molecule has 1 unspecified atom stereocenters. The van der Waals surface area contributed by atoms with Gasteiger partial charge in [0, 0.05) is 30.8 Å². The Morgan fingerprint density at radius 2 is 1.93 bits per heavy atom. The summed E-state index contributed by atoms with van der Waals surface area (Å²) in [4.78, 5) is 14.0. The summed E-state index contributed by atoms with van der Waals surface area (Å²) in [6.45, 7) is 10.8. The van der Waals surface area contributed by atoms with Crippen LogP contribution in [0.25, 0.3) is 0 Å². The van der Waals surface area contributed by atoms with E-state index in [2.05, 4.69) is 6.58 Å². The average Bonchev–Trinajstić information content (AvgIpc) is 2.60. The molecule has 7 heteroatoms. The lowest BCUT2D eigenvalue weighted by Crippen LogP contribution is -2.43. The van der Waals surface area contributed by atoms with E-state index in [1.807, 2.05) is 20.8 Å². The van der Waals surface area contributed by atoms with Gasteiger partial charge in [-0.05, 0) is 45.6 Å². The monoisotopic (exact) mass is 414 g/mol. The van der Waals surface area contributed by atoms with Crippen LogP contribution in [0.1, 0.15) is 45.2 Å². The molecule has 150 valence electrons. The molecule has 0 aliphatic carbocycles. The fourth-order valence-electron chi connectivity index (χ4n) is 3.10. The number of rotatable bonds is 5. The molecule has 2 N–H and O–H groups in total. The quantitative estimate of drug-likeness (QED) is 0.671. The van der Waals surface area contributed by atoms with Crippen LogP contribution in [0, 0.1) is 5.92 Å². The Labute approximate surface area is 171 Å². The number of amides is 1.